The molecule has 23 heavy (non-hydrogen) atoms. The van der Waals surface area contributed by atoms with Crippen LogP contribution in [-0.4, -0.2) is 46.9 Å². The van der Waals surface area contributed by atoms with Crippen LogP contribution in [0.15, 0.2) is 42.6 Å². The fraction of sp³-hybridized carbons (Fsp3) is 0.333. The Hall–Kier alpha value is -1.91. The second kappa shape index (κ2) is 7.11. The largest absolute Gasteiger partial charge is 0.336 e. The van der Waals surface area contributed by atoms with Gasteiger partial charge < -0.3 is 4.90 Å². The zero-order valence-electron chi connectivity index (χ0n) is 13.2. The molecule has 0 radical (unpaired) electrons. The van der Waals surface area contributed by atoms with Crippen molar-refractivity contribution in [3.8, 4) is 0 Å². The molecule has 0 saturated carbocycles. The number of nitrogens with zero attached hydrogens (tertiary/aromatic N) is 3. The molecule has 5 heteroatoms. The van der Waals surface area contributed by atoms with Crippen LogP contribution in [0.5, 0.6) is 0 Å². The molecule has 0 aliphatic carbocycles. The maximum atomic E-state index is 12.5. The second-order valence-corrected chi connectivity index (χ2v) is 6.32. The fourth-order valence-electron chi connectivity index (χ4n) is 2.78. The molecule has 0 unspecified atom stereocenters. The molecule has 1 aromatic carbocycles. The third-order valence-corrected chi connectivity index (χ3v) is 4.35. The minimum atomic E-state index is 0.0694. The second-order valence-electron chi connectivity index (χ2n) is 5.89. The van der Waals surface area contributed by atoms with Crippen LogP contribution in [0, 0.1) is 6.92 Å². The number of hydrogen-bond donors (Lipinski definition) is 0. The smallest absolute Gasteiger partial charge is 0.255 e. The van der Waals surface area contributed by atoms with E-state index in [1.807, 2.05) is 42.2 Å². The summed E-state index contributed by atoms with van der Waals surface area (Å²) < 4.78 is 0. The summed E-state index contributed by atoms with van der Waals surface area (Å²) in [4.78, 5) is 20.9. The van der Waals surface area contributed by atoms with Gasteiger partial charge in [-0.15, -0.1) is 0 Å². The van der Waals surface area contributed by atoms with Crippen molar-refractivity contribution in [1.82, 2.24) is 14.8 Å². The summed E-state index contributed by atoms with van der Waals surface area (Å²) in [5.41, 5.74) is 2.80. The quantitative estimate of drug-likeness (QED) is 0.868. The first kappa shape index (κ1) is 16.0. The molecule has 1 aromatic heterocycles. The summed E-state index contributed by atoms with van der Waals surface area (Å²) in [5.74, 6) is 0.0694. The topological polar surface area (TPSA) is 36.4 Å². The molecule has 3 rings (SSSR count). The molecule has 0 N–H and O–H groups in total. The summed E-state index contributed by atoms with van der Waals surface area (Å²) in [6.07, 6.45) is 1.66. The number of rotatable bonds is 3. The van der Waals surface area contributed by atoms with E-state index in [0.29, 0.717) is 5.56 Å². The third kappa shape index (κ3) is 4.09. The number of pyridine rings is 1. The molecule has 4 nitrogen and oxygen atoms in total. The molecule has 2 heterocycles. The summed E-state index contributed by atoms with van der Waals surface area (Å²) in [7, 11) is 0. The van der Waals surface area contributed by atoms with E-state index in [2.05, 4.69) is 16.0 Å². The van der Waals surface area contributed by atoms with Crippen LogP contribution in [0.25, 0.3) is 0 Å². The highest BCUT2D eigenvalue weighted by Crippen LogP contribution is 2.15. The zero-order chi connectivity index (χ0) is 16.2. The van der Waals surface area contributed by atoms with Crippen molar-refractivity contribution in [2.24, 2.45) is 0 Å². The minimum Gasteiger partial charge on any atom is -0.336 e. The molecule has 1 aliphatic rings. The van der Waals surface area contributed by atoms with Crippen LogP contribution in [0.1, 0.15) is 21.6 Å². The normalized spacial score (nSPS) is 15.7. The first-order chi connectivity index (χ1) is 11.1. The highest BCUT2D eigenvalue weighted by Gasteiger charge is 2.22. The first-order valence-corrected chi connectivity index (χ1v) is 8.18. The monoisotopic (exact) mass is 329 g/mol. The number of hydrogen-bond acceptors (Lipinski definition) is 3. The fourth-order valence-corrected chi connectivity index (χ4v) is 2.99. The number of carbonyl (C=O) groups is 1. The lowest BCUT2D eigenvalue weighted by Crippen LogP contribution is -2.48. The van der Waals surface area contributed by atoms with Crippen LogP contribution in [0.2, 0.25) is 5.02 Å². The SMILES string of the molecule is Cc1ccc(C(=O)N2CCN(Cc3cccc(Cl)c3)CC2)cn1. The first-order valence-electron chi connectivity index (χ1n) is 7.80. The van der Waals surface area contributed by atoms with Gasteiger partial charge in [0.1, 0.15) is 0 Å². The maximum Gasteiger partial charge on any atom is 0.255 e. The molecule has 1 saturated heterocycles. The average Bonchev–Trinajstić information content (AvgIpc) is 2.56. The molecular formula is C18H20ClN3O. The molecule has 0 spiro atoms. The van der Waals surface area contributed by atoms with E-state index < -0.39 is 0 Å². The van der Waals surface area contributed by atoms with Gasteiger partial charge in [-0.2, -0.15) is 0 Å². The number of aryl methyl sites for hydroxylation is 1. The number of amides is 1. The predicted octanol–water partition coefficient (Wildman–Crippen LogP) is 3.00. The van der Waals surface area contributed by atoms with Gasteiger partial charge in [0.2, 0.25) is 0 Å². The van der Waals surface area contributed by atoms with Gasteiger partial charge in [0.15, 0.2) is 0 Å². The average molecular weight is 330 g/mol. The van der Waals surface area contributed by atoms with Gasteiger partial charge in [0, 0.05) is 49.6 Å². The number of benzene rings is 1. The zero-order valence-corrected chi connectivity index (χ0v) is 14.0. The standard InChI is InChI=1S/C18H20ClN3O/c1-14-5-6-16(12-20-14)18(23)22-9-7-21(8-10-22)13-15-3-2-4-17(19)11-15/h2-6,11-12H,7-10,13H2,1H3. The van der Waals surface area contributed by atoms with Crippen molar-refractivity contribution in [2.45, 2.75) is 13.5 Å². The van der Waals surface area contributed by atoms with Crippen molar-refractivity contribution in [2.75, 3.05) is 26.2 Å². The van der Waals surface area contributed by atoms with Crippen LogP contribution < -0.4 is 0 Å². The van der Waals surface area contributed by atoms with Gasteiger partial charge in [0.05, 0.1) is 5.56 Å². The van der Waals surface area contributed by atoms with Crippen LogP contribution >= 0.6 is 11.6 Å². The van der Waals surface area contributed by atoms with Gasteiger partial charge in [-0.1, -0.05) is 23.7 Å². The molecular weight excluding hydrogens is 310 g/mol. The predicted molar refractivity (Wildman–Crippen MR) is 91.6 cm³/mol. The molecule has 1 amide bonds. The number of aromatic nitrogens is 1. The van der Waals surface area contributed by atoms with Gasteiger partial charge in [-0.3, -0.25) is 14.7 Å². The van der Waals surface area contributed by atoms with Crippen molar-refractivity contribution < 1.29 is 4.79 Å². The van der Waals surface area contributed by atoms with E-state index in [1.54, 1.807) is 6.20 Å². The van der Waals surface area contributed by atoms with Crippen LogP contribution in [-0.2, 0) is 6.54 Å². The van der Waals surface area contributed by atoms with Crippen LogP contribution in [0.4, 0.5) is 0 Å². The van der Waals surface area contributed by atoms with Crippen molar-refractivity contribution in [1.29, 1.82) is 0 Å². The maximum absolute atomic E-state index is 12.5. The Morgan fingerprint density at radius 1 is 1.17 bits per heavy atom. The highest BCUT2D eigenvalue weighted by atomic mass is 35.5. The van der Waals surface area contributed by atoms with Crippen molar-refractivity contribution in [3.63, 3.8) is 0 Å². The summed E-state index contributed by atoms with van der Waals surface area (Å²) >= 11 is 6.03. The number of halogens is 1. The number of carbonyl (C=O) groups excluding carboxylic acids is 1. The van der Waals surface area contributed by atoms with Gasteiger partial charge in [-0.05, 0) is 36.8 Å². The van der Waals surface area contributed by atoms with E-state index >= 15 is 0 Å². The lowest BCUT2D eigenvalue weighted by atomic mass is 10.2. The molecule has 2 aromatic rings. The van der Waals surface area contributed by atoms with E-state index in [1.165, 1.54) is 5.56 Å². The van der Waals surface area contributed by atoms with Gasteiger partial charge in [0.25, 0.3) is 5.91 Å². The Morgan fingerprint density at radius 2 is 1.96 bits per heavy atom. The summed E-state index contributed by atoms with van der Waals surface area (Å²) in [6, 6.07) is 11.7. The van der Waals surface area contributed by atoms with Crippen LogP contribution in [0.3, 0.4) is 0 Å². The Bertz CT molecular complexity index is 679. The molecule has 120 valence electrons. The van der Waals surface area contributed by atoms with Gasteiger partial charge >= 0.3 is 0 Å². The Labute approximate surface area is 141 Å². The Morgan fingerprint density at radius 3 is 2.61 bits per heavy atom. The van der Waals surface area contributed by atoms with E-state index in [-0.39, 0.29) is 5.91 Å². The number of piperazine rings is 1. The van der Waals surface area contributed by atoms with E-state index in [4.69, 9.17) is 11.6 Å². The molecule has 0 atom stereocenters. The minimum absolute atomic E-state index is 0.0694. The molecule has 0 bridgehead atoms. The van der Waals surface area contributed by atoms with Crippen molar-refractivity contribution in [3.05, 3.63) is 64.4 Å². The lowest BCUT2D eigenvalue weighted by Gasteiger charge is -2.34. The molecule has 1 aliphatic heterocycles. The highest BCUT2D eigenvalue weighted by molar-refractivity contribution is 6.30. The Balaban J connectivity index is 1.55. The van der Waals surface area contributed by atoms with Crippen molar-refractivity contribution >= 4 is 17.5 Å². The third-order valence-electron chi connectivity index (χ3n) is 4.11. The summed E-state index contributed by atoms with van der Waals surface area (Å²) in [6.45, 7) is 6.02. The lowest BCUT2D eigenvalue weighted by molar-refractivity contribution is 0.0628. The summed E-state index contributed by atoms with van der Waals surface area (Å²) in [5, 5.41) is 0.767. The van der Waals surface area contributed by atoms with E-state index in [9.17, 15) is 4.79 Å². The molecule has 1 fully saturated rings. The van der Waals surface area contributed by atoms with E-state index in [0.717, 1.165) is 43.4 Å². The Kier molecular flexibility index (Phi) is 4.94. The van der Waals surface area contributed by atoms with Gasteiger partial charge in [-0.25, -0.2) is 0 Å².